The minimum atomic E-state index is -0.462. The molecular weight excluding hydrogens is 352 g/mol. The standard InChI is InChI=1S/C22H38O4.C2H6/c1-8-16(2)22(18(3,4)5)13-20(26-17(22)23)9-11-21(12-10-20)24-14-19(6,7)15-25-21;1-2/h16H,8-15H2,1-7H3;1-2H3. The van der Waals surface area contributed by atoms with Gasteiger partial charge in [0.15, 0.2) is 5.79 Å². The van der Waals surface area contributed by atoms with Gasteiger partial charge in [-0.05, 0) is 24.2 Å². The maximum atomic E-state index is 13.2. The molecule has 2 unspecified atom stereocenters. The molecule has 0 N–H and O–H groups in total. The van der Waals surface area contributed by atoms with Crippen LogP contribution >= 0.6 is 0 Å². The Hall–Kier alpha value is -0.610. The third-order valence-electron chi connectivity index (χ3n) is 7.44. The Morgan fingerprint density at radius 1 is 1.00 bits per heavy atom. The number of hydrogen-bond acceptors (Lipinski definition) is 4. The third kappa shape index (κ3) is 4.01. The van der Waals surface area contributed by atoms with Crippen molar-refractivity contribution < 1.29 is 19.0 Å². The first-order valence-electron chi connectivity index (χ1n) is 11.4. The van der Waals surface area contributed by atoms with Crippen LogP contribution in [0.2, 0.25) is 0 Å². The average molecular weight is 397 g/mol. The molecule has 2 atom stereocenters. The lowest BCUT2D eigenvalue weighted by atomic mass is 9.56. The first-order valence-corrected chi connectivity index (χ1v) is 11.4. The summed E-state index contributed by atoms with van der Waals surface area (Å²) in [4.78, 5) is 13.2. The van der Waals surface area contributed by atoms with Gasteiger partial charge in [-0.25, -0.2) is 0 Å². The molecule has 3 fully saturated rings. The summed E-state index contributed by atoms with van der Waals surface area (Å²) < 4.78 is 18.5. The zero-order valence-corrected chi connectivity index (χ0v) is 19.9. The molecule has 0 amide bonds. The van der Waals surface area contributed by atoms with Gasteiger partial charge in [0.1, 0.15) is 5.60 Å². The van der Waals surface area contributed by atoms with E-state index >= 15 is 0 Å². The van der Waals surface area contributed by atoms with Crippen LogP contribution < -0.4 is 0 Å². The van der Waals surface area contributed by atoms with E-state index in [0.717, 1.165) is 51.7 Å². The van der Waals surface area contributed by atoms with Gasteiger partial charge in [-0.1, -0.05) is 68.7 Å². The zero-order chi connectivity index (χ0) is 21.4. The first-order chi connectivity index (χ1) is 12.9. The molecule has 2 saturated heterocycles. The summed E-state index contributed by atoms with van der Waals surface area (Å²) in [5, 5.41) is 0. The number of ether oxygens (including phenoxy) is 3. The predicted molar refractivity (Wildman–Crippen MR) is 113 cm³/mol. The van der Waals surface area contributed by atoms with Gasteiger partial charge in [0.05, 0.1) is 18.6 Å². The summed E-state index contributed by atoms with van der Waals surface area (Å²) in [5.41, 5.74) is -0.764. The van der Waals surface area contributed by atoms with E-state index < -0.39 is 11.2 Å². The molecule has 0 aromatic carbocycles. The van der Waals surface area contributed by atoms with Gasteiger partial charge < -0.3 is 14.2 Å². The van der Waals surface area contributed by atoms with Gasteiger partial charge >= 0.3 is 5.97 Å². The topological polar surface area (TPSA) is 44.8 Å². The van der Waals surface area contributed by atoms with Crippen molar-refractivity contribution in [1.29, 1.82) is 0 Å². The lowest BCUT2D eigenvalue weighted by Gasteiger charge is -2.49. The van der Waals surface area contributed by atoms with E-state index in [4.69, 9.17) is 14.2 Å². The van der Waals surface area contributed by atoms with Crippen LogP contribution in [0.15, 0.2) is 0 Å². The fourth-order valence-corrected chi connectivity index (χ4v) is 5.33. The highest BCUT2D eigenvalue weighted by Gasteiger charge is 2.65. The van der Waals surface area contributed by atoms with Gasteiger partial charge in [-0.15, -0.1) is 0 Å². The van der Waals surface area contributed by atoms with Gasteiger partial charge in [0, 0.05) is 24.7 Å². The van der Waals surface area contributed by atoms with E-state index in [1.165, 1.54) is 0 Å². The summed E-state index contributed by atoms with van der Waals surface area (Å²) in [6.07, 6.45) is 5.14. The molecular formula is C24H44O4. The van der Waals surface area contributed by atoms with E-state index in [2.05, 4.69) is 48.5 Å². The molecule has 2 heterocycles. The molecule has 1 saturated carbocycles. The maximum Gasteiger partial charge on any atom is 0.313 e. The van der Waals surface area contributed by atoms with E-state index in [9.17, 15) is 4.79 Å². The van der Waals surface area contributed by atoms with Crippen LogP contribution in [0.4, 0.5) is 0 Å². The summed E-state index contributed by atoms with van der Waals surface area (Å²) in [6, 6.07) is 0. The minimum Gasteiger partial charge on any atom is -0.459 e. The van der Waals surface area contributed by atoms with E-state index in [0.29, 0.717) is 5.92 Å². The Bertz CT molecular complexity index is 539. The smallest absolute Gasteiger partial charge is 0.313 e. The van der Waals surface area contributed by atoms with Crippen molar-refractivity contribution in [3.63, 3.8) is 0 Å². The van der Waals surface area contributed by atoms with Crippen molar-refractivity contribution in [2.75, 3.05) is 13.2 Å². The second kappa shape index (κ2) is 7.91. The lowest BCUT2D eigenvalue weighted by molar-refractivity contribution is -0.318. The van der Waals surface area contributed by atoms with E-state index in [1.807, 2.05) is 13.8 Å². The van der Waals surface area contributed by atoms with Crippen LogP contribution in [0.5, 0.6) is 0 Å². The first kappa shape index (κ1) is 23.7. The predicted octanol–water partition coefficient (Wildman–Crippen LogP) is 6.12. The summed E-state index contributed by atoms with van der Waals surface area (Å²) in [7, 11) is 0. The number of carbonyl (C=O) groups excluding carboxylic acids is 1. The minimum absolute atomic E-state index is 0.0157. The van der Waals surface area contributed by atoms with Crippen LogP contribution in [0.3, 0.4) is 0 Å². The van der Waals surface area contributed by atoms with Crippen LogP contribution in [0.1, 0.15) is 101 Å². The van der Waals surface area contributed by atoms with Crippen molar-refractivity contribution in [2.45, 2.75) is 112 Å². The molecule has 0 aromatic heterocycles. The number of hydrogen-bond donors (Lipinski definition) is 0. The molecule has 164 valence electrons. The van der Waals surface area contributed by atoms with E-state index in [1.54, 1.807) is 0 Å². The Kier molecular flexibility index (Phi) is 6.68. The van der Waals surface area contributed by atoms with Crippen LogP contribution in [-0.4, -0.2) is 30.6 Å². The zero-order valence-electron chi connectivity index (χ0n) is 19.9. The lowest BCUT2D eigenvalue weighted by Crippen LogP contribution is -2.52. The number of esters is 1. The molecule has 3 aliphatic rings. The van der Waals surface area contributed by atoms with Gasteiger partial charge in [-0.3, -0.25) is 4.79 Å². The van der Waals surface area contributed by atoms with Gasteiger partial charge in [-0.2, -0.15) is 0 Å². The molecule has 28 heavy (non-hydrogen) atoms. The van der Waals surface area contributed by atoms with Crippen molar-refractivity contribution in [2.24, 2.45) is 22.2 Å². The fourth-order valence-electron chi connectivity index (χ4n) is 5.33. The largest absolute Gasteiger partial charge is 0.459 e. The Morgan fingerprint density at radius 3 is 1.93 bits per heavy atom. The van der Waals surface area contributed by atoms with Crippen molar-refractivity contribution in [1.82, 2.24) is 0 Å². The third-order valence-corrected chi connectivity index (χ3v) is 7.44. The molecule has 1 aliphatic carbocycles. The van der Waals surface area contributed by atoms with Crippen molar-refractivity contribution in [3.05, 3.63) is 0 Å². The molecule has 0 aromatic rings. The Balaban J connectivity index is 0.00000136. The molecule has 3 rings (SSSR count). The normalized spacial score (nSPS) is 31.8. The molecule has 0 radical (unpaired) electrons. The summed E-state index contributed by atoms with van der Waals surface area (Å²) in [6.45, 7) is 20.8. The average Bonchev–Trinajstić information content (AvgIpc) is 2.95. The second-order valence-corrected chi connectivity index (χ2v) is 10.9. The molecule has 4 heteroatoms. The Morgan fingerprint density at radius 2 is 1.50 bits per heavy atom. The molecule has 0 bridgehead atoms. The highest BCUT2D eigenvalue weighted by Crippen LogP contribution is 2.60. The van der Waals surface area contributed by atoms with Crippen LogP contribution in [0.25, 0.3) is 0 Å². The second-order valence-electron chi connectivity index (χ2n) is 10.9. The van der Waals surface area contributed by atoms with E-state index in [-0.39, 0.29) is 22.4 Å². The van der Waals surface area contributed by atoms with Crippen LogP contribution in [-0.2, 0) is 19.0 Å². The van der Waals surface area contributed by atoms with Crippen molar-refractivity contribution in [3.8, 4) is 0 Å². The van der Waals surface area contributed by atoms with Gasteiger partial charge in [0.25, 0.3) is 0 Å². The summed E-state index contributed by atoms with van der Waals surface area (Å²) >= 11 is 0. The van der Waals surface area contributed by atoms with Crippen LogP contribution in [0, 0.1) is 22.2 Å². The SMILES string of the molecule is CC.CCC(C)C1(C(C)(C)C)CC2(CCC3(CC2)OCC(C)(C)CO3)OC1=O. The molecule has 4 nitrogen and oxygen atoms in total. The van der Waals surface area contributed by atoms with Crippen molar-refractivity contribution >= 4 is 5.97 Å². The van der Waals surface area contributed by atoms with Gasteiger partial charge in [0.2, 0.25) is 0 Å². The summed E-state index contributed by atoms with van der Waals surface area (Å²) in [5.74, 6) is -0.133. The fraction of sp³-hybridized carbons (Fsp3) is 0.958. The monoisotopic (exact) mass is 396 g/mol. The molecule has 2 spiro atoms. The highest BCUT2D eigenvalue weighted by atomic mass is 16.7. The maximum absolute atomic E-state index is 13.2. The Labute approximate surface area is 173 Å². The number of carbonyl (C=O) groups is 1. The number of rotatable bonds is 2. The quantitative estimate of drug-likeness (QED) is 0.527. The molecule has 2 aliphatic heterocycles. The highest BCUT2D eigenvalue weighted by molar-refractivity contribution is 5.81.